The third-order valence-corrected chi connectivity index (χ3v) is 5.45. The minimum Gasteiger partial charge on any atom is -0.355 e. The average Bonchev–Trinajstić information content (AvgIpc) is 3.08. The van der Waals surface area contributed by atoms with Gasteiger partial charge in [0.25, 0.3) is 0 Å². The van der Waals surface area contributed by atoms with E-state index in [0.29, 0.717) is 0 Å². The number of benzene rings is 1. The predicted octanol–water partition coefficient (Wildman–Crippen LogP) is 7.82. The van der Waals surface area contributed by atoms with Crippen molar-refractivity contribution in [1.82, 2.24) is 4.98 Å². The number of allylic oxidation sites excluding steroid dienone is 5. The third kappa shape index (κ3) is 3.09. The van der Waals surface area contributed by atoms with Crippen molar-refractivity contribution >= 4 is 22.6 Å². The van der Waals surface area contributed by atoms with Crippen LogP contribution in [0.15, 0.2) is 35.9 Å². The van der Waals surface area contributed by atoms with E-state index in [-0.39, 0.29) is 5.41 Å². The van der Waals surface area contributed by atoms with Crippen molar-refractivity contribution in [2.75, 3.05) is 0 Å². The van der Waals surface area contributed by atoms with E-state index in [4.69, 9.17) is 0 Å². The van der Waals surface area contributed by atoms with Crippen LogP contribution >= 0.6 is 0 Å². The highest BCUT2D eigenvalue weighted by molar-refractivity contribution is 5.94. The van der Waals surface area contributed by atoms with Gasteiger partial charge in [-0.15, -0.1) is 0 Å². The topological polar surface area (TPSA) is 15.8 Å². The number of aryl methyl sites for hydroxylation is 1. The molecule has 0 bridgehead atoms. The lowest BCUT2D eigenvalue weighted by Gasteiger charge is -2.23. The van der Waals surface area contributed by atoms with E-state index in [1.165, 1.54) is 44.4 Å². The van der Waals surface area contributed by atoms with Crippen LogP contribution in [0.25, 0.3) is 22.6 Å². The molecule has 1 heterocycles. The summed E-state index contributed by atoms with van der Waals surface area (Å²) in [5.41, 5.74) is 9.90. The highest BCUT2D eigenvalue weighted by Gasteiger charge is 2.36. The number of nitrogens with one attached hydrogen (secondary N) is 1. The molecule has 3 rings (SSSR count). The Balaban J connectivity index is 0.00000117. The van der Waals surface area contributed by atoms with Gasteiger partial charge in [0, 0.05) is 22.0 Å². The lowest BCUT2D eigenvalue weighted by Crippen LogP contribution is -2.16. The first kappa shape index (κ1) is 20.3. The monoisotopic (exact) mass is 349 g/mol. The van der Waals surface area contributed by atoms with Crippen LogP contribution in [0.5, 0.6) is 0 Å². The van der Waals surface area contributed by atoms with Crippen molar-refractivity contribution in [2.24, 2.45) is 0 Å². The van der Waals surface area contributed by atoms with Gasteiger partial charge in [0.15, 0.2) is 0 Å². The Hall–Kier alpha value is -2.02. The quantitative estimate of drug-likeness (QED) is 0.579. The Morgan fingerprint density at radius 1 is 0.962 bits per heavy atom. The summed E-state index contributed by atoms with van der Waals surface area (Å²) in [6.45, 7) is 17.4. The molecule has 140 valence electrons. The van der Waals surface area contributed by atoms with Gasteiger partial charge in [0.1, 0.15) is 0 Å². The zero-order valence-corrected chi connectivity index (χ0v) is 17.9. The van der Waals surface area contributed by atoms with E-state index in [1.807, 2.05) is 13.8 Å². The zero-order valence-electron chi connectivity index (χ0n) is 17.9. The second-order valence-corrected chi connectivity index (χ2v) is 7.18. The summed E-state index contributed by atoms with van der Waals surface area (Å²) in [6, 6.07) is 4.83. The van der Waals surface area contributed by atoms with Gasteiger partial charge in [-0.2, -0.15) is 0 Å². The van der Waals surface area contributed by atoms with E-state index < -0.39 is 0 Å². The molecule has 1 N–H and O–H groups in total. The first-order valence-electron chi connectivity index (χ1n) is 10.2. The Kier molecular flexibility index (Phi) is 6.34. The number of H-pyrrole nitrogens is 1. The summed E-state index contributed by atoms with van der Waals surface area (Å²) in [4.78, 5) is 3.64. The van der Waals surface area contributed by atoms with Gasteiger partial charge in [-0.05, 0) is 72.7 Å². The SMILES string of the molecule is C/C=C\C1=C(CC)c2cc3c(CC)c(/C=C\C)[nH]c3cc2C1(C)C.CC. The molecule has 0 amide bonds. The van der Waals surface area contributed by atoms with Crippen LogP contribution in [0.2, 0.25) is 0 Å². The van der Waals surface area contributed by atoms with Crippen LogP contribution < -0.4 is 0 Å². The smallest absolute Gasteiger partial charge is 0.0465 e. The fraction of sp³-hybridized carbons (Fsp3) is 0.440. The molecular weight excluding hydrogens is 314 g/mol. The van der Waals surface area contributed by atoms with E-state index in [2.05, 4.69) is 83.0 Å². The van der Waals surface area contributed by atoms with Gasteiger partial charge in [0.2, 0.25) is 0 Å². The van der Waals surface area contributed by atoms with Crippen LogP contribution in [0.1, 0.15) is 84.2 Å². The highest BCUT2D eigenvalue weighted by atomic mass is 14.7. The van der Waals surface area contributed by atoms with Crippen molar-refractivity contribution in [2.45, 2.75) is 73.6 Å². The second-order valence-electron chi connectivity index (χ2n) is 7.18. The molecular formula is C25H35N. The number of fused-ring (bicyclic) bond motifs is 2. The highest BCUT2D eigenvalue weighted by Crippen LogP contribution is 2.49. The molecule has 2 aromatic rings. The third-order valence-electron chi connectivity index (χ3n) is 5.45. The molecule has 1 aromatic heterocycles. The summed E-state index contributed by atoms with van der Waals surface area (Å²) in [5.74, 6) is 0. The van der Waals surface area contributed by atoms with E-state index in [0.717, 1.165) is 12.8 Å². The molecule has 0 saturated heterocycles. The molecule has 1 nitrogen and oxygen atoms in total. The van der Waals surface area contributed by atoms with Crippen LogP contribution in [-0.4, -0.2) is 4.98 Å². The van der Waals surface area contributed by atoms with Gasteiger partial charge in [-0.3, -0.25) is 0 Å². The van der Waals surface area contributed by atoms with E-state index >= 15 is 0 Å². The fourth-order valence-electron chi connectivity index (χ4n) is 4.30. The average molecular weight is 350 g/mol. The van der Waals surface area contributed by atoms with E-state index in [1.54, 1.807) is 0 Å². The molecule has 26 heavy (non-hydrogen) atoms. The summed E-state index contributed by atoms with van der Waals surface area (Å²) < 4.78 is 0. The Morgan fingerprint density at radius 3 is 2.15 bits per heavy atom. The minimum absolute atomic E-state index is 0.0691. The molecule has 0 aliphatic heterocycles. The van der Waals surface area contributed by atoms with E-state index in [9.17, 15) is 0 Å². The zero-order chi connectivity index (χ0) is 19.5. The standard InChI is InChI=1S/C23H29N.C2H6/c1-7-11-19-15(9-3)17-13-18-16(10-4)21(12-8-2)24-22(18)14-20(17)23(19,5)6;1-2/h7-8,11-14,24H,9-10H2,1-6H3;1-2H3/b11-7-,12-8-;. The van der Waals surface area contributed by atoms with Gasteiger partial charge >= 0.3 is 0 Å². The van der Waals surface area contributed by atoms with Crippen molar-refractivity contribution in [1.29, 1.82) is 0 Å². The van der Waals surface area contributed by atoms with Gasteiger partial charge in [-0.1, -0.05) is 59.8 Å². The number of aromatic nitrogens is 1. The summed E-state index contributed by atoms with van der Waals surface area (Å²) in [6.07, 6.45) is 10.9. The minimum atomic E-state index is 0.0691. The molecule has 1 heteroatoms. The van der Waals surface area contributed by atoms with Crippen LogP contribution in [0, 0.1) is 0 Å². The van der Waals surface area contributed by atoms with Gasteiger partial charge < -0.3 is 4.98 Å². The summed E-state index contributed by atoms with van der Waals surface area (Å²) in [7, 11) is 0. The molecule has 1 aliphatic rings. The van der Waals surface area contributed by atoms with Gasteiger partial charge in [-0.25, -0.2) is 0 Å². The molecule has 0 fully saturated rings. The molecule has 1 aliphatic carbocycles. The number of aromatic amines is 1. The molecule has 1 aromatic carbocycles. The molecule has 0 radical (unpaired) electrons. The number of hydrogen-bond acceptors (Lipinski definition) is 0. The van der Waals surface area contributed by atoms with Crippen molar-refractivity contribution in [3.05, 3.63) is 58.3 Å². The first-order chi connectivity index (χ1) is 12.5. The number of hydrogen-bond donors (Lipinski definition) is 1. The maximum absolute atomic E-state index is 3.64. The summed E-state index contributed by atoms with van der Waals surface area (Å²) >= 11 is 0. The van der Waals surface area contributed by atoms with Crippen molar-refractivity contribution < 1.29 is 0 Å². The van der Waals surface area contributed by atoms with Crippen molar-refractivity contribution in [3.8, 4) is 0 Å². The molecule has 0 unspecified atom stereocenters. The largest absolute Gasteiger partial charge is 0.355 e. The normalized spacial score (nSPS) is 15.8. The van der Waals surface area contributed by atoms with Crippen LogP contribution in [0.3, 0.4) is 0 Å². The Bertz CT molecular complexity index is 869. The summed E-state index contributed by atoms with van der Waals surface area (Å²) in [5, 5.41) is 1.38. The Labute approximate surface area is 159 Å². The molecule has 0 spiro atoms. The first-order valence-corrected chi connectivity index (χ1v) is 10.2. The molecule has 0 saturated carbocycles. The second kappa shape index (κ2) is 8.12. The van der Waals surface area contributed by atoms with Gasteiger partial charge in [0.05, 0.1) is 0 Å². The maximum Gasteiger partial charge on any atom is 0.0465 e. The lowest BCUT2D eigenvalue weighted by molar-refractivity contribution is 0.654. The maximum atomic E-state index is 3.64. The fourth-order valence-corrected chi connectivity index (χ4v) is 4.30. The van der Waals surface area contributed by atoms with Crippen molar-refractivity contribution in [3.63, 3.8) is 0 Å². The number of rotatable bonds is 4. The molecule has 0 atom stereocenters. The Morgan fingerprint density at radius 2 is 1.62 bits per heavy atom. The van der Waals surface area contributed by atoms with Crippen LogP contribution in [0.4, 0.5) is 0 Å². The van der Waals surface area contributed by atoms with Crippen LogP contribution in [-0.2, 0) is 11.8 Å². The predicted molar refractivity (Wildman–Crippen MR) is 119 cm³/mol. The lowest BCUT2D eigenvalue weighted by atomic mass is 9.80.